The summed E-state index contributed by atoms with van der Waals surface area (Å²) < 4.78 is 39.2. The van der Waals surface area contributed by atoms with Crippen molar-refractivity contribution in [2.45, 2.75) is 45.8 Å². The summed E-state index contributed by atoms with van der Waals surface area (Å²) >= 11 is 6.01. The van der Waals surface area contributed by atoms with Crippen LogP contribution in [0.25, 0.3) is 0 Å². The lowest BCUT2D eigenvalue weighted by Gasteiger charge is -2.32. The highest BCUT2D eigenvalue weighted by Gasteiger charge is 2.30. The minimum Gasteiger partial charge on any atom is -0.352 e. The van der Waals surface area contributed by atoms with Gasteiger partial charge in [0.15, 0.2) is 0 Å². The summed E-state index contributed by atoms with van der Waals surface area (Å²) in [6, 6.07) is 10.7. The van der Waals surface area contributed by atoms with E-state index < -0.39 is 34.3 Å². The number of anilines is 1. The monoisotopic (exact) mass is 497 g/mol. The SMILES string of the molecule is CC[C@H](C)NC(=O)[C@H](C)N(Cc1ccc(F)cc1)C(=O)CN(c1cccc(Cl)c1)S(C)(=O)=O. The Morgan fingerprint density at radius 3 is 2.30 bits per heavy atom. The molecule has 33 heavy (non-hydrogen) atoms. The number of carbonyl (C=O) groups is 2. The van der Waals surface area contributed by atoms with E-state index in [0.717, 1.165) is 10.6 Å². The molecule has 0 unspecified atom stereocenters. The smallest absolute Gasteiger partial charge is 0.244 e. The molecule has 7 nitrogen and oxygen atoms in total. The van der Waals surface area contributed by atoms with E-state index in [1.54, 1.807) is 19.1 Å². The zero-order valence-corrected chi connectivity index (χ0v) is 20.7. The van der Waals surface area contributed by atoms with Gasteiger partial charge in [-0.15, -0.1) is 0 Å². The summed E-state index contributed by atoms with van der Waals surface area (Å²) in [5.41, 5.74) is 0.832. The van der Waals surface area contributed by atoms with Gasteiger partial charge >= 0.3 is 0 Å². The van der Waals surface area contributed by atoms with Crippen LogP contribution in [0, 0.1) is 5.82 Å². The zero-order valence-electron chi connectivity index (χ0n) is 19.1. The van der Waals surface area contributed by atoms with Gasteiger partial charge in [-0.3, -0.25) is 13.9 Å². The van der Waals surface area contributed by atoms with Gasteiger partial charge in [0.25, 0.3) is 0 Å². The van der Waals surface area contributed by atoms with Crippen LogP contribution in [0.3, 0.4) is 0 Å². The molecule has 0 fully saturated rings. The minimum absolute atomic E-state index is 0.00134. The van der Waals surface area contributed by atoms with Crippen LogP contribution in [0.15, 0.2) is 48.5 Å². The molecule has 0 aliphatic carbocycles. The molecule has 0 radical (unpaired) electrons. The normalized spacial score (nSPS) is 13.2. The summed E-state index contributed by atoms with van der Waals surface area (Å²) in [6.07, 6.45) is 1.70. The number of nitrogens with one attached hydrogen (secondary N) is 1. The van der Waals surface area contributed by atoms with Crippen LogP contribution in [-0.4, -0.2) is 50.0 Å². The Bertz CT molecular complexity index is 1080. The molecule has 2 aromatic carbocycles. The van der Waals surface area contributed by atoms with E-state index in [1.807, 2.05) is 13.8 Å². The third kappa shape index (κ3) is 7.71. The average molecular weight is 498 g/mol. The lowest BCUT2D eigenvalue weighted by atomic mass is 10.1. The molecule has 2 atom stereocenters. The van der Waals surface area contributed by atoms with Crippen molar-refractivity contribution in [2.75, 3.05) is 17.1 Å². The van der Waals surface area contributed by atoms with Gasteiger partial charge in [0.05, 0.1) is 11.9 Å². The third-order valence-corrected chi connectivity index (χ3v) is 6.59. The van der Waals surface area contributed by atoms with Crippen molar-refractivity contribution in [3.8, 4) is 0 Å². The quantitative estimate of drug-likeness (QED) is 0.543. The maximum Gasteiger partial charge on any atom is 0.244 e. The highest BCUT2D eigenvalue weighted by Crippen LogP contribution is 2.22. The third-order valence-electron chi connectivity index (χ3n) is 5.21. The molecule has 0 spiro atoms. The number of amides is 2. The molecule has 2 rings (SSSR count). The van der Waals surface area contributed by atoms with Crippen molar-refractivity contribution in [1.82, 2.24) is 10.2 Å². The first kappa shape index (κ1) is 26.6. The van der Waals surface area contributed by atoms with E-state index in [9.17, 15) is 22.4 Å². The van der Waals surface area contributed by atoms with Crippen LogP contribution in [0.5, 0.6) is 0 Å². The second-order valence-corrected chi connectivity index (χ2v) is 10.2. The van der Waals surface area contributed by atoms with E-state index in [2.05, 4.69) is 5.32 Å². The molecule has 0 heterocycles. The van der Waals surface area contributed by atoms with Crippen molar-refractivity contribution >= 4 is 39.1 Å². The van der Waals surface area contributed by atoms with Gasteiger partial charge < -0.3 is 10.2 Å². The predicted octanol–water partition coefficient (Wildman–Crippen LogP) is 3.58. The number of hydrogen-bond donors (Lipinski definition) is 1. The molecule has 2 aromatic rings. The Kier molecular flexibility index (Phi) is 9.25. The Hall–Kier alpha value is -2.65. The average Bonchev–Trinajstić information content (AvgIpc) is 2.75. The van der Waals surface area contributed by atoms with Crippen LogP contribution in [0.4, 0.5) is 10.1 Å². The number of rotatable bonds is 10. The van der Waals surface area contributed by atoms with Crippen molar-refractivity contribution < 1.29 is 22.4 Å². The number of nitrogens with zero attached hydrogens (tertiary/aromatic N) is 2. The highest BCUT2D eigenvalue weighted by molar-refractivity contribution is 7.92. The summed E-state index contributed by atoms with van der Waals surface area (Å²) in [7, 11) is -3.83. The van der Waals surface area contributed by atoms with Crippen LogP contribution in [0.1, 0.15) is 32.8 Å². The summed E-state index contributed by atoms with van der Waals surface area (Å²) in [5, 5.41) is 3.16. The molecule has 2 amide bonds. The molecule has 1 N–H and O–H groups in total. The maximum atomic E-state index is 13.4. The Morgan fingerprint density at radius 2 is 1.76 bits per heavy atom. The Labute approximate surface area is 199 Å². The van der Waals surface area contributed by atoms with E-state index in [4.69, 9.17) is 11.6 Å². The molecule has 0 aliphatic heterocycles. The lowest BCUT2D eigenvalue weighted by molar-refractivity contribution is -0.139. The summed E-state index contributed by atoms with van der Waals surface area (Å²) in [5.74, 6) is -1.38. The zero-order chi connectivity index (χ0) is 24.8. The first-order valence-corrected chi connectivity index (χ1v) is 12.7. The Balaban J connectivity index is 2.37. The molecule has 0 saturated carbocycles. The number of hydrogen-bond acceptors (Lipinski definition) is 4. The first-order valence-electron chi connectivity index (χ1n) is 10.5. The number of sulfonamides is 1. The van der Waals surface area contributed by atoms with Gasteiger partial charge in [-0.25, -0.2) is 12.8 Å². The second-order valence-electron chi connectivity index (χ2n) is 7.89. The van der Waals surface area contributed by atoms with Gasteiger partial charge in [0.2, 0.25) is 21.8 Å². The van der Waals surface area contributed by atoms with E-state index in [0.29, 0.717) is 17.0 Å². The molecule has 0 aliphatic rings. The summed E-state index contributed by atoms with van der Waals surface area (Å²) in [4.78, 5) is 27.4. The molecular formula is C23H29ClFN3O4S. The van der Waals surface area contributed by atoms with E-state index in [1.165, 1.54) is 41.3 Å². The topological polar surface area (TPSA) is 86.8 Å². The number of carbonyl (C=O) groups excluding carboxylic acids is 2. The molecule has 0 aromatic heterocycles. The van der Waals surface area contributed by atoms with Gasteiger partial charge in [-0.05, 0) is 56.2 Å². The van der Waals surface area contributed by atoms with E-state index >= 15 is 0 Å². The van der Waals surface area contributed by atoms with Crippen LogP contribution in [0.2, 0.25) is 5.02 Å². The minimum atomic E-state index is -3.83. The van der Waals surface area contributed by atoms with Crippen LogP contribution >= 0.6 is 11.6 Å². The van der Waals surface area contributed by atoms with Crippen LogP contribution < -0.4 is 9.62 Å². The van der Waals surface area contributed by atoms with Crippen molar-refractivity contribution in [1.29, 1.82) is 0 Å². The standard InChI is InChI=1S/C23H29ClFN3O4S/c1-5-16(2)26-23(30)17(3)27(14-18-9-11-20(25)12-10-18)22(29)15-28(33(4,31)32)21-8-6-7-19(24)13-21/h6-13,16-17H,5,14-15H2,1-4H3,(H,26,30)/t16-,17-/m0/s1. The molecule has 0 saturated heterocycles. The first-order chi connectivity index (χ1) is 15.4. The Morgan fingerprint density at radius 1 is 1.12 bits per heavy atom. The highest BCUT2D eigenvalue weighted by atomic mass is 35.5. The van der Waals surface area contributed by atoms with Gasteiger partial charge in [0.1, 0.15) is 18.4 Å². The van der Waals surface area contributed by atoms with Crippen molar-refractivity contribution in [3.63, 3.8) is 0 Å². The second kappa shape index (κ2) is 11.5. The maximum absolute atomic E-state index is 13.4. The lowest BCUT2D eigenvalue weighted by Crippen LogP contribution is -2.52. The predicted molar refractivity (Wildman–Crippen MR) is 128 cm³/mol. The molecule has 0 bridgehead atoms. The fourth-order valence-corrected chi connectivity index (χ4v) is 4.11. The van der Waals surface area contributed by atoms with Gasteiger partial charge in [-0.2, -0.15) is 0 Å². The summed E-state index contributed by atoms with van der Waals surface area (Å²) in [6.45, 7) is 4.82. The van der Waals surface area contributed by atoms with Crippen LogP contribution in [-0.2, 0) is 26.2 Å². The molecule has 180 valence electrons. The van der Waals surface area contributed by atoms with Crippen molar-refractivity contribution in [2.24, 2.45) is 0 Å². The van der Waals surface area contributed by atoms with Gasteiger partial charge in [0, 0.05) is 17.6 Å². The fraction of sp³-hybridized carbons (Fsp3) is 0.391. The number of benzene rings is 2. The molecule has 10 heteroatoms. The fourth-order valence-electron chi connectivity index (χ4n) is 3.08. The largest absolute Gasteiger partial charge is 0.352 e. The molecular weight excluding hydrogens is 469 g/mol. The van der Waals surface area contributed by atoms with E-state index in [-0.39, 0.29) is 24.2 Å². The van der Waals surface area contributed by atoms with Crippen molar-refractivity contribution in [3.05, 3.63) is 64.9 Å². The number of halogens is 2. The van der Waals surface area contributed by atoms with Gasteiger partial charge in [-0.1, -0.05) is 36.7 Å².